The number of rotatable bonds is 29. The Morgan fingerprint density at radius 2 is 0.667 bits per heavy atom. The zero-order chi connectivity index (χ0) is 26.4. The van der Waals surface area contributed by atoms with Gasteiger partial charge in [-0.05, 0) is 12.8 Å². The van der Waals surface area contributed by atoms with Gasteiger partial charge in [-0.25, -0.2) is 0 Å². The summed E-state index contributed by atoms with van der Waals surface area (Å²) in [6.45, 7) is 5.70. The minimum atomic E-state index is -0.149. The Hall–Kier alpha value is -1.10. The van der Waals surface area contributed by atoms with Crippen LogP contribution in [0.4, 0.5) is 0 Å². The van der Waals surface area contributed by atoms with Crippen LogP contribution in [-0.4, -0.2) is 38.4 Å². The summed E-state index contributed by atoms with van der Waals surface area (Å²) in [5.74, 6) is -0.289. The Morgan fingerprint density at radius 1 is 0.389 bits per heavy atom. The topological polar surface area (TPSA) is 61.8 Å². The van der Waals surface area contributed by atoms with E-state index in [0.717, 1.165) is 25.7 Å². The first kappa shape index (κ1) is 34.9. The van der Waals surface area contributed by atoms with Crippen LogP contribution in [0.1, 0.15) is 162 Å². The molecule has 0 aliphatic carbocycles. The molecule has 0 unspecified atom stereocenters. The lowest BCUT2D eigenvalue weighted by molar-refractivity contribution is -0.146. The zero-order valence-electron chi connectivity index (χ0n) is 24.1. The second-order valence-electron chi connectivity index (χ2n) is 10.3. The first-order valence-electron chi connectivity index (χ1n) is 15.6. The van der Waals surface area contributed by atoms with E-state index in [-0.39, 0.29) is 25.2 Å². The third kappa shape index (κ3) is 29.1. The third-order valence-corrected chi connectivity index (χ3v) is 6.70. The fourth-order valence-electron chi connectivity index (χ4n) is 4.37. The van der Waals surface area contributed by atoms with Gasteiger partial charge in [0.15, 0.2) is 0 Å². The highest BCUT2D eigenvalue weighted by Crippen LogP contribution is 2.14. The molecule has 0 saturated carbocycles. The average Bonchev–Trinajstić information content (AvgIpc) is 2.87. The molecule has 0 aliphatic rings. The summed E-state index contributed by atoms with van der Waals surface area (Å²) in [7, 11) is 0. The standard InChI is InChI=1S/C31H60O5/c1-3-5-7-9-11-12-13-14-15-16-17-18-19-21-23-25-31(33)36-29-27-34-26-28-35-30(32)24-22-20-10-8-6-4-2/h3-29H2,1-2H3. The Kier molecular flexibility index (Phi) is 29.2. The van der Waals surface area contributed by atoms with Crippen molar-refractivity contribution >= 4 is 11.9 Å². The van der Waals surface area contributed by atoms with Gasteiger partial charge in [0.05, 0.1) is 13.2 Å². The Labute approximate surface area is 223 Å². The van der Waals surface area contributed by atoms with Crippen LogP contribution >= 0.6 is 0 Å². The van der Waals surface area contributed by atoms with Crippen molar-refractivity contribution in [2.45, 2.75) is 162 Å². The number of carbonyl (C=O) groups is 2. The van der Waals surface area contributed by atoms with Crippen molar-refractivity contribution in [3.63, 3.8) is 0 Å². The summed E-state index contributed by atoms with van der Waals surface area (Å²) >= 11 is 0. The molecule has 0 amide bonds. The minimum Gasteiger partial charge on any atom is -0.463 e. The highest BCUT2D eigenvalue weighted by atomic mass is 16.6. The van der Waals surface area contributed by atoms with E-state index >= 15 is 0 Å². The van der Waals surface area contributed by atoms with Gasteiger partial charge in [-0.3, -0.25) is 9.59 Å². The van der Waals surface area contributed by atoms with Gasteiger partial charge >= 0.3 is 11.9 Å². The molecule has 0 bridgehead atoms. The quantitative estimate of drug-likeness (QED) is 0.0738. The molecule has 0 N–H and O–H groups in total. The molecule has 0 fully saturated rings. The number of unbranched alkanes of at least 4 members (excludes halogenated alkanes) is 19. The van der Waals surface area contributed by atoms with Gasteiger partial charge in [-0.15, -0.1) is 0 Å². The van der Waals surface area contributed by atoms with E-state index < -0.39 is 0 Å². The van der Waals surface area contributed by atoms with Gasteiger partial charge in [-0.1, -0.05) is 136 Å². The van der Waals surface area contributed by atoms with E-state index in [9.17, 15) is 9.59 Å². The van der Waals surface area contributed by atoms with Crippen molar-refractivity contribution in [1.29, 1.82) is 0 Å². The Bertz CT molecular complexity index is 466. The number of carbonyl (C=O) groups excluding carboxylic acids is 2. The van der Waals surface area contributed by atoms with E-state index in [4.69, 9.17) is 14.2 Å². The SMILES string of the molecule is CCCCCCCCCCCCCCCCCC(=O)OCCOCCOC(=O)CCCCCCCC. The van der Waals surface area contributed by atoms with Gasteiger partial charge in [-0.2, -0.15) is 0 Å². The predicted molar refractivity (Wildman–Crippen MR) is 150 cm³/mol. The van der Waals surface area contributed by atoms with Crippen molar-refractivity contribution < 1.29 is 23.8 Å². The van der Waals surface area contributed by atoms with Crippen LogP contribution in [0.25, 0.3) is 0 Å². The molecule has 0 rings (SSSR count). The highest BCUT2D eigenvalue weighted by Gasteiger charge is 2.04. The molecular weight excluding hydrogens is 452 g/mol. The summed E-state index contributed by atoms with van der Waals surface area (Å²) in [6.07, 6.45) is 27.7. The van der Waals surface area contributed by atoms with Crippen LogP contribution < -0.4 is 0 Å². The molecule has 214 valence electrons. The fourth-order valence-corrected chi connectivity index (χ4v) is 4.37. The summed E-state index contributed by atoms with van der Waals surface area (Å²) < 4.78 is 15.8. The first-order valence-corrected chi connectivity index (χ1v) is 15.6. The predicted octanol–water partition coefficient (Wildman–Crippen LogP) is 9.10. The molecule has 0 aromatic rings. The monoisotopic (exact) mass is 512 g/mol. The summed E-state index contributed by atoms with van der Waals surface area (Å²) in [6, 6.07) is 0. The van der Waals surface area contributed by atoms with Crippen molar-refractivity contribution in [2.75, 3.05) is 26.4 Å². The molecular formula is C31H60O5. The number of esters is 2. The molecule has 5 heteroatoms. The molecule has 0 radical (unpaired) electrons. The van der Waals surface area contributed by atoms with Crippen LogP contribution in [0.15, 0.2) is 0 Å². The zero-order valence-corrected chi connectivity index (χ0v) is 24.1. The average molecular weight is 513 g/mol. The smallest absolute Gasteiger partial charge is 0.305 e. The molecule has 5 nitrogen and oxygen atoms in total. The molecule has 36 heavy (non-hydrogen) atoms. The molecule has 0 aliphatic heterocycles. The lowest BCUT2D eigenvalue weighted by Crippen LogP contribution is -2.14. The van der Waals surface area contributed by atoms with Crippen molar-refractivity contribution in [3.05, 3.63) is 0 Å². The molecule has 0 heterocycles. The van der Waals surface area contributed by atoms with E-state index in [0.29, 0.717) is 26.1 Å². The van der Waals surface area contributed by atoms with Gasteiger partial charge in [0.25, 0.3) is 0 Å². The molecule has 0 saturated heterocycles. The molecule has 0 spiro atoms. The second-order valence-corrected chi connectivity index (χ2v) is 10.3. The fraction of sp³-hybridized carbons (Fsp3) is 0.935. The van der Waals surface area contributed by atoms with Crippen LogP contribution in [0, 0.1) is 0 Å². The first-order chi connectivity index (χ1) is 17.7. The molecule has 0 atom stereocenters. The van der Waals surface area contributed by atoms with Crippen molar-refractivity contribution in [3.8, 4) is 0 Å². The third-order valence-electron chi connectivity index (χ3n) is 6.70. The van der Waals surface area contributed by atoms with E-state index in [2.05, 4.69) is 13.8 Å². The van der Waals surface area contributed by atoms with E-state index in [1.54, 1.807) is 0 Å². The lowest BCUT2D eigenvalue weighted by atomic mass is 10.0. The maximum absolute atomic E-state index is 11.8. The van der Waals surface area contributed by atoms with Crippen LogP contribution in [0.5, 0.6) is 0 Å². The van der Waals surface area contributed by atoms with Gasteiger partial charge in [0.1, 0.15) is 13.2 Å². The van der Waals surface area contributed by atoms with Crippen molar-refractivity contribution in [2.24, 2.45) is 0 Å². The number of ether oxygens (including phenoxy) is 3. The maximum Gasteiger partial charge on any atom is 0.305 e. The summed E-state index contributed by atoms with van der Waals surface area (Å²) in [4.78, 5) is 23.4. The molecule has 0 aromatic heterocycles. The Balaban J connectivity index is 3.23. The minimum absolute atomic E-state index is 0.140. The van der Waals surface area contributed by atoms with Crippen LogP contribution in [0.2, 0.25) is 0 Å². The maximum atomic E-state index is 11.8. The highest BCUT2D eigenvalue weighted by molar-refractivity contribution is 5.69. The van der Waals surface area contributed by atoms with Gasteiger partial charge < -0.3 is 14.2 Å². The largest absolute Gasteiger partial charge is 0.463 e. The van der Waals surface area contributed by atoms with E-state index in [1.807, 2.05) is 0 Å². The van der Waals surface area contributed by atoms with E-state index in [1.165, 1.54) is 109 Å². The normalized spacial score (nSPS) is 11.1. The summed E-state index contributed by atoms with van der Waals surface area (Å²) in [5.41, 5.74) is 0. The number of hydrogen-bond donors (Lipinski definition) is 0. The van der Waals surface area contributed by atoms with Crippen LogP contribution in [-0.2, 0) is 23.8 Å². The molecule has 0 aromatic carbocycles. The van der Waals surface area contributed by atoms with Crippen LogP contribution in [0.3, 0.4) is 0 Å². The van der Waals surface area contributed by atoms with Gasteiger partial charge in [0, 0.05) is 12.8 Å². The summed E-state index contributed by atoms with van der Waals surface area (Å²) in [5, 5.41) is 0. The van der Waals surface area contributed by atoms with Gasteiger partial charge in [0.2, 0.25) is 0 Å². The lowest BCUT2D eigenvalue weighted by Gasteiger charge is -2.07. The second kappa shape index (κ2) is 30.1. The number of hydrogen-bond acceptors (Lipinski definition) is 5. The Morgan fingerprint density at radius 3 is 0.972 bits per heavy atom. The van der Waals surface area contributed by atoms with Crippen molar-refractivity contribution in [1.82, 2.24) is 0 Å².